The standard InChI is InChI=1S/C18H18O4/c1-4-12-10-13(11-19)16(17(20)18(12)21-3)14-8-6-7-9-15(14)22-5-2/h4,6-11,20H,1,5H2,2-3H3. The van der Waals surface area contributed by atoms with Gasteiger partial charge in [-0.1, -0.05) is 30.9 Å². The zero-order valence-electron chi connectivity index (χ0n) is 12.6. The number of para-hydroxylation sites is 1. The molecule has 114 valence electrons. The lowest BCUT2D eigenvalue weighted by atomic mass is 9.95. The van der Waals surface area contributed by atoms with Gasteiger partial charge in [-0.2, -0.15) is 0 Å². The molecule has 2 aromatic carbocycles. The number of phenolic OH excluding ortho intramolecular Hbond substituents is 1. The molecule has 0 aliphatic carbocycles. The van der Waals surface area contributed by atoms with Gasteiger partial charge in [-0.05, 0) is 19.1 Å². The van der Waals surface area contributed by atoms with Gasteiger partial charge in [0.25, 0.3) is 0 Å². The van der Waals surface area contributed by atoms with E-state index in [4.69, 9.17) is 9.47 Å². The molecule has 22 heavy (non-hydrogen) atoms. The summed E-state index contributed by atoms with van der Waals surface area (Å²) >= 11 is 0. The number of rotatable bonds is 6. The molecule has 4 heteroatoms. The summed E-state index contributed by atoms with van der Waals surface area (Å²) in [6.45, 7) is 6.03. The van der Waals surface area contributed by atoms with E-state index >= 15 is 0 Å². The van der Waals surface area contributed by atoms with Crippen LogP contribution >= 0.6 is 0 Å². The molecule has 0 unspecified atom stereocenters. The third kappa shape index (κ3) is 2.68. The third-order valence-corrected chi connectivity index (χ3v) is 3.32. The van der Waals surface area contributed by atoms with Crippen molar-refractivity contribution in [2.24, 2.45) is 0 Å². The molecule has 0 aliphatic heterocycles. The van der Waals surface area contributed by atoms with E-state index in [1.54, 1.807) is 18.2 Å². The van der Waals surface area contributed by atoms with Crippen molar-refractivity contribution in [1.29, 1.82) is 0 Å². The molecule has 0 bridgehead atoms. The largest absolute Gasteiger partial charge is 0.504 e. The van der Waals surface area contributed by atoms with E-state index in [-0.39, 0.29) is 11.5 Å². The van der Waals surface area contributed by atoms with Gasteiger partial charge in [-0.25, -0.2) is 0 Å². The van der Waals surface area contributed by atoms with Crippen LogP contribution in [0.2, 0.25) is 0 Å². The predicted molar refractivity (Wildman–Crippen MR) is 86.7 cm³/mol. The Morgan fingerprint density at radius 1 is 1.27 bits per heavy atom. The number of ether oxygens (including phenoxy) is 2. The number of carbonyl (C=O) groups excluding carboxylic acids is 1. The van der Waals surface area contributed by atoms with Crippen LogP contribution in [0.3, 0.4) is 0 Å². The Kier molecular flexibility index (Phi) is 4.84. The summed E-state index contributed by atoms with van der Waals surface area (Å²) in [4.78, 5) is 11.5. The highest BCUT2D eigenvalue weighted by molar-refractivity contribution is 5.95. The lowest BCUT2D eigenvalue weighted by Crippen LogP contribution is -1.99. The smallest absolute Gasteiger partial charge is 0.168 e. The number of aldehydes is 1. The Morgan fingerprint density at radius 3 is 2.59 bits per heavy atom. The molecule has 2 aromatic rings. The molecule has 4 nitrogen and oxygen atoms in total. The van der Waals surface area contributed by atoms with E-state index in [1.807, 2.05) is 19.1 Å². The minimum Gasteiger partial charge on any atom is -0.504 e. The molecule has 2 rings (SSSR count). The van der Waals surface area contributed by atoms with Crippen molar-refractivity contribution in [2.75, 3.05) is 13.7 Å². The van der Waals surface area contributed by atoms with E-state index in [0.29, 0.717) is 40.9 Å². The van der Waals surface area contributed by atoms with E-state index < -0.39 is 0 Å². The number of methoxy groups -OCH3 is 1. The van der Waals surface area contributed by atoms with Gasteiger partial charge in [0.05, 0.1) is 13.7 Å². The second-order valence-corrected chi connectivity index (χ2v) is 4.56. The number of carbonyl (C=O) groups is 1. The summed E-state index contributed by atoms with van der Waals surface area (Å²) in [5.74, 6) is 0.771. The first-order chi connectivity index (χ1) is 10.7. The van der Waals surface area contributed by atoms with Gasteiger partial charge in [0, 0.05) is 22.3 Å². The van der Waals surface area contributed by atoms with Crippen LogP contribution in [-0.2, 0) is 0 Å². The van der Waals surface area contributed by atoms with Crippen molar-refractivity contribution in [2.45, 2.75) is 6.92 Å². The van der Waals surface area contributed by atoms with Crippen LogP contribution in [0.15, 0.2) is 36.9 Å². The molecular formula is C18H18O4. The van der Waals surface area contributed by atoms with Gasteiger partial charge in [-0.15, -0.1) is 0 Å². The molecule has 0 atom stereocenters. The normalized spacial score (nSPS) is 10.1. The monoisotopic (exact) mass is 298 g/mol. The molecular weight excluding hydrogens is 280 g/mol. The predicted octanol–water partition coefficient (Wildman–Crippen LogP) is 3.92. The average molecular weight is 298 g/mol. The fourth-order valence-corrected chi connectivity index (χ4v) is 2.39. The van der Waals surface area contributed by atoms with Gasteiger partial charge >= 0.3 is 0 Å². The van der Waals surface area contributed by atoms with E-state index in [9.17, 15) is 9.90 Å². The van der Waals surface area contributed by atoms with Crippen molar-refractivity contribution >= 4 is 12.4 Å². The van der Waals surface area contributed by atoms with Crippen LogP contribution in [0.25, 0.3) is 17.2 Å². The van der Waals surface area contributed by atoms with Crippen LogP contribution in [0.5, 0.6) is 17.2 Å². The maximum Gasteiger partial charge on any atom is 0.168 e. The molecule has 0 amide bonds. The SMILES string of the molecule is C=Cc1cc(C=O)c(-c2ccccc2OCC)c(O)c1OC. The van der Waals surface area contributed by atoms with Crippen LogP contribution in [0.1, 0.15) is 22.8 Å². The molecule has 0 saturated heterocycles. The van der Waals surface area contributed by atoms with Gasteiger partial charge in [0.15, 0.2) is 17.8 Å². The first kappa shape index (κ1) is 15.6. The van der Waals surface area contributed by atoms with Crippen molar-refractivity contribution in [1.82, 2.24) is 0 Å². The van der Waals surface area contributed by atoms with Crippen LogP contribution in [-0.4, -0.2) is 25.1 Å². The first-order valence-electron chi connectivity index (χ1n) is 6.91. The zero-order valence-corrected chi connectivity index (χ0v) is 12.6. The maximum absolute atomic E-state index is 11.5. The maximum atomic E-state index is 11.5. The average Bonchev–Trinajstić information content (AvgIpc) is 2.55. The highest BCUT2D eigenvalue weighted by atomic mass is 16.5. The minimum absolute atomic E-state index is 0.103. The van der Waals surface area contributed by atoms with Crippen LogP contribution in [0, 0.1) is 0 Å². The summed E-state index contributed by atoms with van der Waals surface area (Å²) in [5, 5.41) is 10.6. The summed E-state index contributed by atoms with van der Waals surface area (Å²) in [6.07, 6.45) is 2.23. The van der Waals surface area contributed by atoms with Gasteiger partial charge < -0.3 is 14.6 Å². The summed E-state index contributed by atoms with van der Waals surface area (Å²) in [7, 11) is 1.46. The Balaban J connectivity index is 2.80. The second kappa shape index (κ2) is 6.80. The lowest BCUT2D eigenvalue weighted by molar-refractivity contribution is 0.112. The molecule has 0 aliphatic rings. The molecule has 0 aromatic heterocycles. The Labute approximate surface area is 129 Å². The molecule has 0 saturated carbocycles. The Morgan fingerprint density at radius 2 is 2.00 bits per heavy atom. The van der Waals surface area contributed by atoms with Crippen molar-refractivity contribution in [3.8, 4) is 28.4 Å². The lowest BCUT2D eigenvalue weighted by Gasteiger charge is -2.17. The fraction of sp³-hybridized carbons (Fsp3) is 0.167. The second-order valence-electron chi connectivity index (χ2n) is 4.56. The topological polar surface area (TPSA) is 55.8 Å². The number of aromatic hydroxyl groups is 1. The van der Waals surface area contributed by atoms with E-state index in [0.717, 1.165) is 0 Å². The summed E-state index contributed by atoms with van der Waals surface area (Å²) in [5.41, 5.74) is 1.93. The number of hydrogen-bond acceptors (Lipinski definition) is 4. The molecule has 1 N–H and O–H groups in total. The van der Waals surface area contributed by atoms with Crippen molar-refractivity contribution in [3.05, 3.63) is 48.0 Å². The highest BCUT2D eigenvalue weighted by Gasteiger charge is 2.20. The quantitative estimate of drug-likeness (QED) is 0.821. The number of benzene rings is 2. The Bertz CT molecular complexity index is 704. The first-order valence-corrected chi connectivity index (χ1v) is 6.91. The molecule has 0 radical (unpaired) electrons. The number of phenols is 1. The number of hydrogen-bond donors (Lipinski definition) is 1. The fourth-order valence-electron chi connectivity index (χ4n) is 2.39. The summed E-state index contributed by atoms with van der Waals surface area (Å²) in [6, 6.07) is 8.87. The molecule has 0 fully saturated rings. The zero-order chi connectivity index (χ0) is 16.1. The third-order valence-electron chi connectivity index (χ3n) is 3.32. The van der Waals surface area contributed by atoms with Gasteiger partial charge in [0.1, 0.15) is 5.75 Å². The summed E-state index contributed by atoms with van der Waals surface area (Å²) < 4.78 is 10.8. The van der Waals surface area contributed by atoms with Crippen molar-refractivity contribution in [3.63, 3.8) is 0 Å². The van der Waals surface area contributed by atoms with Crippen molar-refractivity contribution < 1.29 is 19.4 Å². The van der Waals surface area contributed by atoms with E-state index in [2.05, 4.69) is 6.58 Å². The van der Waals surface area contributed by atoms with E-state index in [1.165, 1.54) is 13.2 Å². The molecule has 0 heterocycles. The van der Waals surface area contributed by atoms with Crippen LogP contribution < -0.4 is 9.47 Å². The minimum atomic E-state index is -0.103. The van der Waals surface area contributed by atoms with Gasteiger partial charge in [0.2, 0.25) is 0 Å². The van der Waals surface area contributed by atoms with Crippen LogP contribution in [0.4, 0.5) is 0 Å². The van der Waals surface area contributed by atoms with Gasteiger partial charge in [-0.3, -0.25) is 4.79 Å². The highest BCUT2D eigenvalue weighted by Crippen LogP contribution is 2.45. The Hall–Kier alpha value is -2.75. The molecule has 0 spiro atoms.